The Balaban J connectivity index is -0.000000845. The van der Waals surface area contributed by atoms with Crippen LogP contribution in [-0.4, -0.2) is 24.0 Å². The number of rotatable bonds is 7. The standard InChI is InChI=1S/C6H15O6PS.Na.H/c1-2-3-4-5-6-14(10,11)12-13(7,8)9;;/h2-6H2,1H3,(H2,7,8,9);;/q;+1;-1. The van der Waals surface area contributed by atoms with E-state index in [-0.39, 0.29) is 36.7 Å². The van der Waals surface area contributed by atoms with Crippen LogP contribution >= 0.6 is 7.82 Å². The monoisotopic (exact) mass is 270 g/mol. The van der Waals surface area contributed by atoms with Crippen LogP contribution in [0.3, 0.4) is 0 Å². The Kier molecular flexibility index (Phi) is 10.1. The van der Waals surface area contributed by atoms with Crippen molar-refractivity contribution in [2.75, 3.05) is 5.75 Å². The molecule has 0 aliphatic carbocycles. The van der Waals surface area contributed by atoms with Gasteiger partial charge in [-0.05, 0) is 6.42 Å². The topological polar surface area (TPSA) is 101 Å². The minimum Gasteiger partial charge on any atom is -1.00 e. The molecule has 0 saturated carbocycles. The molecule has 0 saturated heterocycles. The number of phosphoric acid groups is 1. The van der Waals surface area contributed by atoms with Crippen LogP contribution in [0.5, 0.6) is 0 Å². The summed E-state index contributed by atoms with van der Waals surface area (Å²) in [5.41, 5.74) is 0. The summed E-state index contributed by atoms with van der Waals surface area (Å²) in [5.74, 6) is -0.349. The first kappa shape index (κ1) is 18.4. The third kappa shape index (κ3) is 13.0. The molecule has 0 aromatic heterocycles. The van der Waals surface area contributed by atoms with Crippen molar-refractivity contribution in [3.8, 4) is 0 Å². The van der Waals surface area contributed by atoms with Gasteiger partial charge in [-0.3, -0.25) is 0 Å². The molecule has 0 rings (SSSR count). The summed E-state index contributed by atoms with van der Waals surface area (Å²) in [5, 5.41) is 0. The molecule has 88 valence electrons. The average Bonchev–Trinajstić information content (AvgIpc) is 1.93. The van der Waals surface area contributed by atoms with E-state index in [2.05, 4.69) is 3.97 Å². The Hall–Kier alpha value is 1.06. The second-order valence-electron chi connectivity index (χ2n) is 2.89. The Morgan fingerprint density at radius 2 is 1.80 bits per heavy atom. The first-order valence-electron chi connectivity index (χ1n) is 4.26. The van der Waals surface area contributed by atoms with Crippen LogP contribution in [0.1, 0.15) is 34.0 Å². The molecule has 0 aliphatic heterocycles. The SMILES string of the molecule is CCCCCCS(=O)(=O)OP(=O)(O)O.[H-].[Na+]. The summed E-state index contributed by atoms with van der Waals surface area (Å²) in [6, 6.07) is 0. The zero-order valence-corrected chi connectivity index (χ0v) is 12.6. The van der Waals surface area contributed by atoms with E-state index in [0.717, 1.165) is 12.8 Å². The minimum atomic E-state index is -4.93. The number of hydrogen-bond donors (Lipinski definition) is 2. The van der Waals surface area contributed by atoms with Crippen LogP contribution < -0.4 is 29.6 Å². The minimum absolute atomic E-state index is 0. The van der Waals surface area contributed by atoms with Gasteiger partial charge in [-0.25, -0.2) is 4.57 Å². The summed E-state index contributed by atoms with van der Waals surface area (Å²) < 4.78 is 35.7. The third-order valence-electron chi connectivity index (χ3n) is 1.46. The summed E-state index contributed by atoms with van der Waals surface area (Å²) in [6.07, 6.45) is 2.92. The largest absolute Gasteiger partial charge is 1.00 e. The van der Waals surface area contributed by atoms with Crippen molar-refractivity contribution >= 4 is 17.9 Å². The van der Waals surface area contributed by atoms with Crippen molar-refractivity contribution in [2.24, 2.45) is 0 Å². The summed E-state index contributed by atoms with van der Waals surface area (Å²) in [6.45, 7) is 1.97. The molecule has 0 aromatic rings. The maximum absolute atomic E-state index is 10.9. The molecule has 0 heterocycles. The molecule has 9 heteroatoms. The molecule has 0 radical (unpaired) electrons. The van der Waals surface area contributed by atoms with Gasteiger partial charge in [0.2, 0.25) is 0 Å². The maximum atomic E-state index is 10.9. The van der Waals surface area contributed by atoms with E-state index in [9.17, 15) is 13.0 Å². The molecule has 0 fully saturated rings. The molecule has 0 amide bonds. The molecule has 15 heavy (non-hydrogen) atoms. The molecule has 0 aromatic carbocycles. The molecule has 0 spiro atoms. The van der Waals surface area contributed by atoms with E-state index in [1.807, 2.05) is 6.92 Å². The number of unbranched alkanes of at least 4 members (excludes halogenated alkanes) is 3. The zero-order chi connectivity index (χ0) is 11.2. The average molecular weight is 270 g/mol. The van der Waals surface area contributed by atoms with Gasteiger partial charge in [0.05, 0.1) is 5.75 Å². The molecule has 2 N–H and O–H groups in total. The maximum Gasteiger partial charge on any atom is 1.00 e. The summed E-state index contributed by atoms with van der Waals surface area (Å²) in [7, 11) is -9.01. The fourth-order valence-corrected chi connectivity index (χ4v) is 2.93. The van der Waals surface area contributed by atoms with E-state index < -0.39 is 17.9 Å². The van der Waals surface area contributed by atoms with Gasteiger partial charge in [0.15, 0.2) is 0 Å². The molecule has 0 atom stereocenters. The van der Waals surface area contributed by atoms with Gasteiger partial charge in [0.1, 0.15) is 0 Å². The van der Waals surface area contributed by atoms with Crippen molar-refractivity contribution in [1.29, 1.82) is 0 Å². The molecule has 0 aliphatic rings. The van der Waals surface area contributed by atoms with Gasteiger partial charge >= 0.3 is 37.4 Å². The van der Waals surface area contributed by atoms with E-state index in [1.165, 1.54) is 0 Å². The van der Waals surface area contributed by atoms with E-state index in [4.69, 9.17) is 9.79 Å². The molecular formula is C6H16NaO6PS. The van der Waals surface area contributed by atoms with E-state index in [0.29, 0.717) is 12.8 Å². The Labute approximate surface area is 114 Å². The molecular weight excluding hydrogens is 254 g/mol. The van der Waals surface area contributed by atoms with Crippen LogP contribution in [-0.2, 0) is 18.7 Å². The third-order valence-corrected chi connectivity index (χ3v) is 3.93. The Morgan fingerprint density at radius 1 is 1.27 bits per heavy atom. The summed E-state index contributed by atoms with van der Waals surface area (Å²) >= 11 is 0. The Morgan fingerprint density at radius 3 is 2.20 bits per heavy atom. The Bertz CT molecular complexity index is 302. The van der Waals surface area contributed by atoms with Crippen molar-refractivity contribution < 1.29 is 57.7 Å². The summed E-state index contributed by atoms with van der Waals surface area (Å²) in [4.78, 5) is 16.5. The van der Waals surface area contributed by atoms with Crippen LogP contribution in [0.15, 0.2) is 0 Å². The van der Waals surface area contributed by atoms with Crippen molar-refractivity contribution in [3.05, 3.63) is 0 Å². The van der Waals surface area contributed by atoms with Crippen LogP contribution in [0.2, 0.25) is 0 Å². The van der Waals surface area contributed by atoms with Gasteiger partial charge in [-0.15, -0.1) is 0 Å². The first-order chi connectivity index (χ1) is 6.27. The normalized spacial score (nSPS) is 12.2. The van der Waals surface area contributed by atoms with Crippen molar-refractivity contribution in [2.45, 2.75) is 32.6 Å². The molecule has 6 nitrogen and oxygen atoms in total. The van der Waals surface area contributed by atoms with E-state index in [1.54, 1.807) is 0 Å². The van der Waals surface area contributed by atoms with E-state index >= 15 is 0 Å². The fourth-order valence-electron chi connectivity index (χ4n) is 0.891. The first-order valence-corrected chi connectivity index (χ1v) is 7.37. The number of hydrogen-bond acceptors (Lipinski definition) is 4. The van der Waals surface area contributed by atoms with Crippen molar-refractivity contribution in [3.63, 3.8) is 0 Å². The van der Waals surface area contributed by atoms with Gasteiger partial charge in [0, 0.05) is 0 Å². The second-order valence-corrected chi connectivity index (χ2v) is 5.99. The predicted octanol–water partition coefficient (Wildman–Crippen LogP) is -1.88. The zero-order valence-electron chi connectivity index (χ0n) is 9.92. The fraction of sp³-hybridized carbons (Fsp3) is 1.00. The van der Waals surface area contributed by atoms with Gasteiger partial charge in [-0.1, -0.05) is 26.2 Å². The molecule has 0 bridgehead atoms. The van der Waals surface area contributed by atoms with Gasteiger partial charge in [0.25, 0.3) is 10.1 Å². The second kappa shape index (κ2) is 8.20. The van der Waals surface area contributed by atoms with Gasteiger partial charge in [-0.2, -0.15) is 12.4 Å². The van der Waals surface area contributed by atoms with Crippen LogP contribution in [0.25, 0.3) is 0 Å². The van der Waals surface area contributed by atoms with Crippen LogP contribution in [0, 0.1) is 0 Å². The van der Waals surface area contributed by atoms with Crippen LogP contribution in [0.4, 0.5) is 0 Å². The predicted molar refractivity (Wildman–Crippen MR) is 52.2 cm³/mol. The molecule has 0 unspecified atom stereocenters. The van der Waals surface area contributed by atoms with Gasteiger partial charge < -0.3 is 11.2 Å². The smallest absolute Gasteiger partial charge is 1.00 e. The quantitative estimate of drug-likeness (QED) is 0.319. The van der Waals surface area contributed by atoms with Crippen molar-refractivity contribution in [1.82, 2.24) is 0 Å².